The van der Waals surface area contributed by atoms with E-state index < -0.39 is 35.9 Å². The largest absolute Gasteiger partial charge is 0.508 e. The Morgan fingerprint density at radius 2 is 1.37 bits per heavy atom. The third-order valence-electron chi connectivity index (χ3n) is 7.82. The van der Waals surface area contributed by atoms with Gasteiger partial charge in [0.05, 0.1) is 6.04 Å². The maximum atomic E-state index is 13.4. The Hall–Kier alpha value is -4.25. The molecule has 0 saturated carbocycles. The van der Waals surface area contributed by atoms with Crippen LogP contribution < -0.4 is 21.3 Å². The Kier molecular flexibility index (Phi) is 17.1. The minimum Gasteiger partial charge on any atom is -0.508 e. The first-order chi connectivity index (χ1) is 22.0. The van der Waals surface area contributed by atoms with E-state index in [1.54, 1.807) is 39.1 Å². The van der Waals surface area contributed by atoms with Crippen LogP contribution in [-0.4, -0.2) is 71.4 Å². The van der Waals surface area contributed by atoms with E-state index in [4.69, 9.17) is 0 Å². The maximum absolute atomic E-state index is 13.4. The van der Waals surface area contributed by atoms with Crippen LogP contribution in [0.2, 0.25) is 0 Å². The molecule has 46 heavy (non-hydrogen) atoms. The lowest BCUT2D eigenvalue weighted by atomic mass is 10.0. The van der Waals surface area contributed by atoms with Crippen molar-refractivity contribution in [2.45, 2.75) is 103 Å². The number of aryl methyl sites for hydroxylation is 1. The van der Waals surface area contributed by atoms with Crippen molar-refractivity contribution in [1.29, 1.82) is 0 Å². The normalized spacial score (nSPS) is 12.8. The van der Waals surface area contributed by atoms with Gasteiger partial charge in [-0.1, -0.05) is 55.3 Å². The zero-order valence-corrected chi connectivity index (χ0v) is 27.3. The van der Waals surface area contributed by atoms with Crippen molar-refractivity contribution in [3.63, 3.8) is 0 Å². The first-order valence-corrected chi connectivity index (χ1v) is 16.1. The molecule has 0 aliphatic rings. The molecule has 0 spiro atoms. The summed E-state index contributed by atoms with van der Waals surface area (Å²) in [4.78, 5) is 61.8. The fourth-order valence-electron chi connectivity index (χ4n) is 5.07. The van der Waals surface area contributed by atoms with Crippen molar-refractivity contribution < 1.29 is 34.2 Å². The molecule has 0 aliphatic heterocycles. The number of amides is 3. The number of carbonyl (C=O) groups is 5. The number of hydrogen-bond acceptors (Lipinski definition) is 7. The second-order valence-electron chi connectivity index (χ2n) is 11.8. The zero-order chi connectivity index (χ0) is 33.9. The van der Waals surface area contributed by atoms with Crippen molar-refractivity contribution >= 4 is 29.5 Å². The predicted octanol–water partition coefficient (Wildman–Crippen LogP) is 3.34. The standard InChI is InChI=1S/C35H50N4O7/c1-24-21-27(18-19-31(24)41)23-29(36-3)33(43)39-30(22-26-14-8-6-9-15-26)34(44)38-28(35(45)46)16-11-12-20-37-32(42)17-10-5-4-7-13-25(2)40/h6,8-9,14-15,18-19,21,28-30,36,41H,4-5,7,10-13,16-17,20,22-23H2,1-3H3,(H,37,42)(H,38,44)(H,39,43)(H,45,46). The summed E-state index contributed by atoms with van der Waals surface area (Å²) in [6, 6.07) is 11.4. The molecule has 0 fully saturated rings. The number of phenols is 1. The lowest BCUT2D eigenvalue weighted by Crippen LogP contribution is -2.56. The Labute approximate surface area is 271 Å². The van der Waals surface area contributed by atoms with Crippen molar-refractivity contribution in [2.24, 2.45) is 0 Å². The van der Waals surface area contributed by atoms with Gasteiger partial charge in [-0.05, 0) is 82.2 Å². The van der Waals surface area contributed by atoms with Crippen molar-refractivity contribution in [3.8, 4) is 5.75 Å². The summed E-state index contributed by atoms with van der Waals surface area (Å²) in [7, 11) is 1.64. The molecule has 2 rings (SSSR count). The van der Waals surface area contributed by atoms with Crippen molar-refractivity contribution in [1.82, 2.24) is 21.3 Å². The summed E-state index contributed by atoms with van der Waals surface area (Å²) in [5, 5.41) is 30.9. The number of unbranched alkanes of at least 4 members (excludes halogenated alkanes) is 4. The van der Waals surface area contributed by atoms with Crippen molar-refractivity contribution in [3.05, 3.63) is 65.2 Å². The SMILES string of the molecule is CNC(Cc1ccc(O)c(C)c1)C(=O)NC(Cc1ccccc1)C(=O)NC(CCCCNC(=O)CCCCCCC(C)=O)C(=O)O. The molecule has 0 radical (unpaired) electrons. The van der Waals surface area contributed by atoms with Crippen LogP contribution in [0.5, 0.6) is 5.75 Å². The molecule has 0 aromatic heterocycles. The van der Waals surface area contributed by atoms with Gasteiger partial charge in [-0.3, -0.25) is 14.4 Å². The summed E-state index contributed by atoms with van der Waals surface area (Å²) in [5.74, 6) is -1.91. The quantitative estimate of drug-likeness (QED) is 0.107. The summed E-state index contributed by atoms with van der Waals surface area (Å²) < 4.78 is 0. The maximum Gasteiger partial charge on any atom is 0.326 e. The minimum absolute atomic E-state index is 0.0606. The molecule has 3 amide bonds. The highest BCUT2D eigenvalue weighted by molar-refractivity contribution is 5.92. The zero-order valence-electron chi connectivity index (χ0n) is 27.3. The number of benzene rings is 2. The summed E-state index contributed by atoms with van der Waals surface area (Å²) >= 11 is 0. The lowest BCUT2D eigenvalue weighted by molar-refractivity contribution is -0.142. The molecule has 6 N–H and O–H groups in total. The number of aliphatic carboxylic acids is 1. The molecule has 0 bridgehead atoms. The molecular formula is C35H50N4O7. The first kappa shape index (κ1) is 37.9. The average Bonchev–Trinajstić information content (AvgIpc) is 3.02. The highest BCUT2D eigenvalue weighted by atomic mass is 16.4. The lowest BCUT2D eigenvalue weighted by Gasteiger charge is -2.24. The number of carbonyl (C=O) groups excluding carboxylic acids is 4. The number of aromatic hydroxyl groups is 1. The van der Waals surface area contributed by atoms with Crippen LogP contribution in [0.4, 0.5) is 0 Å². The number of ketones is 1. The van der Waals surface area contributed by atoms with Gasteiger partial charge in [0.15, 0.2) is 0 Å². The predicted molar refractivity (Wildman–Crippen MR) is 176 cm³/mol. The van der Waals surface area contributed by atoms with Gasteiger partial charge in [-0.25, -0.2) is 4.79 Å². The van der Waals surface area contributed by atoms with Gasteiger partial charge in [0, 0.05) is 25.8 Å². The first-order valence-electron chi connectivity index (χ1n) is 16.1. The number of likely N-dealkylation sites (N-methyl/N-ethyl adjacent to an activating group) is 1. The van der Waals surface area contributed by atoms with Gasteiger partial charge in [0.2, 0.25) is 17.7 Å². The highest BCUT2D eigenvalue weighted by Gasteiger charge is 2.29. The van der Waals surface area contributed by atoms with E-state index in [1.807, 2.05) is 30.3 Å². The van der Waals surface area contributed by atoms with Gasteiger partial charge in [0.1, 0.15) is 23.6 Å². The molecule has 0 saturated heterocycles. The Balaban J connectivity index is 1.91. The molecule has 2 aromatic rings. The van der Waals surface area contributed by atoms with E-state index in [0.717, 1.165) is 36.8 Å². The van der Waals surface area contributed by atoms with E-state index >= 15 is 0 Å². The second kappa shape index (κ2) is 20.7. The van der Waals surface area contributed by atoms with Gasteiger partial charge in [0.25, 0.3) is 0 Å². The monoisotopic (exact) mass is 638 g/mol. The van der Waals surface area contributed by atoms with Crippen LogP contribution in [0.1, 0.15) is 81.4 Å². The molecule has 3 unspecified atom stereocenters. The fraction of sp³-hybridized carbons (Fsp3) is 0.514. The molecule has 11 nitrogen and oxygen atoms in total. The molecule has 0 heterocycles. The summed E-state index contributed by atoms with van der Waals surface area (Å²) in [6.45, 7) is 3.75. The molecule has 252 valence electrons. The van der Waals surface area contributed by atoms with Gasteiger partial charge in [-0.2, -0.15) is 0 Å². The van der Waals surface area contributed by atoms with Crippen LogP contribution in [0.3, 0.4) is 0 Å². The topological polar surface area (TPSA) is 174 Å². The van der Waals surface area contributed by atoms with Gasteiger partial charge in [-0.15, -0.1) is 0 Å². The Bertz CT molecular complexity index is 1280. The Morgan fingerprint density at radius 1 is 0.739 bits per heavy atom. The van der Waals surface area contributed by atoms with E-state index in [0.29, 0.717) is 44.2 Å². The molecule has 0 aliphatic carbocycles. The van der Waals surface area contributed by atoms with E-state index in [1.165, 1.54) is 0 Å². The molecule has 3 atom stereocenters. The summed E-state index contributed by atoms with van der Waals surface area (Å²) in [6.07, 6.45) is 6.05. The van der Waals surface area contributed by atoms with Crippen LogP contribution in [-0.2, 0) is 36.8 Å². The number of hydrogen-bond donors (Lipinski definition) is 6. The number of carboxylic acid groups (broad SMARTS) is 1. The van der Waals surface area contributed by atoms with Crippen LogP contribution in [0.15, 0.2) is 48.5 Å². The third-order valence-corrected chi connectivity index (χ3v) is 7.82. The number of carboxylic acids is 1. The smallest absolute Gasteiger partial charge is 0.326 e. The number of Topliss-reactive ketones (excluding diaryl/α,β-unsaturated/α-hetero) is 1. The molecule has 11 heteroatoms. The fourth-order valence-corrected chi connectivity index (χ4v) is 5.07. The summed E-state index contributed by atoms with van der Waals surface area (Å²) in [5.41, 5.74) is 2.32. The van der Waals surface area contributed by atoms with Crippen LogP contribution in [0.25, 0.3) is 0 Å². The number of nitrogens with one attached hydrogen (secondary N) is 4. The van der Waals surface area contributed by atoms with E-state index in [2.05, 4.69) is 21.3 Å². The van der Waals surface area contributed by atoms with Crippen LogP contribution >= 0.6 is 0 Å². The minimum atomic E-state index is -1.18. The van der Waals surface area contributed by atoms with Gasteiger partial charge < -0.3 is 36.3 Å². The Morgan fingerprint density at radius 3 is 2.00 bits per heavy atom. The highest BCUT2D eigenvalue weighted by Crippen LogP contribution is 2.18. The molecular weight excluding hydrogens is 588 g/mol. The number of phenolic OH excluding ortho intramolecular Hbond substituents is 1. The van der Waals surface area contributed by atoms with Crippen molar-refractivity contribution in [2.75, 3.05) is 13.6 Å². The molecule has 2 aromatic carbocycles. The average molecular weight is 639 g/mol. The van der Waals surface area contributed by atoms with E-state index in [-0.39, 0.29) is 30.3 Å². The second-order valence-corrected chi connectivity index (χ2v) is 11.8. The van der Waals surface area contributed by atoms with E-state index in [9.17, 15) is 34.2 Å². The number of rotatable bonds is 22. The van der Waals surface area contributed by atoms with Crippen LogP contribution in [0, 0.1) is 6.92 Å². The third kappa shape index (κ3) is 14.7. The van der Waals surface area contributed by atoms with Gasteiger partial charge >= 0.3 is 5.97 Å².